The van der Waals surface area contributed by atoms with Crippen molar-refractivity contribution in [3.05, 3.63) is 57.6 Å². The van der Waals surface area contributed by atoms with Gasteiger partial charge in [0.15, 0.2) is 11.5 Å². The predicted molar refractivity (Wildman–Crippen MR) is 107 cm³/mol. The molecule has 8 heteroatoms. The molecule has 1 amide bonds. The summed E-state index contributed by atoms with van der Waals surface area (Å²) in [5.74, 6) is -0.794. The molecule has 28 heavy (non-hydrogen) atoms. The molecule has 0 aliphatic carbocycles. The highest BCUT2D eigenvalue weighted by atomic mass is 79.9. The van der Waals surface area contributed by atoms with Crippen molar-refractivity contribution in [2.75, 3.05) is 19.0 Å². The highest BCUT2D eigenvalue weighted by Gasteiger charge is 2.14. The zero-order chi connectivity index (χ0) is 20.7. The minimum atomic E-state index is -1.11. The van der Waals surface area contributed by atoms with Gasteiger partial charge in [-0.05, 0) is 64.8 Å². The summed E-state index contributed by atoms with van der Waals surface area (Å²) in [4.78, 5) is 23.5. The van der Waals surface area contributed by atoms with Crippen molar-refractivity contribution in [1.82, 2.24) is 0 Å². The quantitative estimate of drug-likeness (QED) is 0.491. The number of amides is 1. The molecule has 0 aliphatic heterocycles. The predicted octanol–water partition coefficient (Wildman–Crippen LogP) is 4.10. The van der Waals surface area contributed by atoms with Gasteiger partial charge < -0.3 is 19.9 Å². The van der Waals surface area contributed by atoms with Crippen molar-refractivity contribution in [3.63, 3.8) is 0 Å². The van der Waals surface area contributed by atoms with Gasteiger partial charge in [0.2, 0.25) is 0 Å². The van der Waals surface area contributed by atoms with Crippen LogP contribution < -0.4 is 14.8 Å². The number of halogens is 1. The van der Waals surface area contributed by atoms with Gasteiger partial charge in [-0.15, -0.1) is 0 Å². The Labute approximate surface area is 170 Å². The summed E-state index contributed by atoms with van der Waals surface area (Å²) in [7, 11) is 1.49. The zero-order valence-corrected chi connectivity index (χ0v) is 16.7. The van der Waals surface area contributed by atoms with Crippen molar-refractivity contribution in [2.45, 2.75) is 6.92 Å². The molecule has 0 heterocycles. The van der Waals surface area contributed by atoms with Gasteiger partial charge in [0.05, 0.1) is 23.8 Å². The Balaban J connectivity index is 2.32. The largest absolute Gasteiger partial charge is 0.493 e. The second-order valence-electron chi connectivity index (χ2n) is 5.48. The van der Waals surface area contributed by atoms with Gasteiger partial charge in [0, 0.05) is 5.69 Å². The number of nitrogens with one attached hydrogen (secondary N) is 1. The fourth-order valence-electron chi connectivity index (χ4n) is 2.35. The Morgan fingerprint density at radius 3 is 2.68 bits per heavy atom. The molecule has 0 aliphatic rings. The van der Waals surface area contributed by atoms with Crippen LogP contribution in [0.4, 0.5) is 5.69 Å². The van der Waals surface area contributed by atoms with E-state index in [4.69, 9.17) is 14.6 Å². The summed E-state index contributed by atoms with van der Waals surface area (Å²) >= 11 is 3.39. The first kappa shape index (κ1) is 21.0. The lowest BCUT2D eigenvalue weighted by molar-refractivity contribution is -0.112. The molecule has 0 spiro atoms. The van der Waals surface area contributed by atoms with Crippen LogP contribution in [0.1, 0.15) is 22.8 Å². The lowest BCUT2D eigenvalue weighted by Crippen LogP contribution is -2.14. The number of carboxylic acid groups (broad SMARTS) is 1. The van der Waals surface area contributed by atoms with Gasteiger partial charge in [-0.25, -0.2) is 4.79 Å². The van der Waals surface area contributed by atoms with E-state index >= 15 is 0 Å². The first-order valence-electron chi connectivity index (χ1n) is 8.16. The van der Waals surface area contributed by atoms with Gasteiger partial charge in [0.1, 0.15) is 11.6 Å². The molecule has 2 aromatic carbocycles. The van der Waals surface area contributed by atoms with Gasteiger partial charge in [0.25, 0.3) is 5.91 Å². The maximum atomic E-state index is 12.4. The number of nitriles is 1. The van der Waals surface area contributed by atoms with Gasteiger partial charge in [-0.2, -0.15) is 5.26 Å². The normalized spacial score (nSPS) is 10.7. The Kier molecular flexibility index (Phi) is 7.18. The van der Waals surface area contributed by atoms with Crippen molar-refractivity contribution in [3.8, 4) is 17.6 Å². The number of carboxylic acids is 1. The SMILES string of the molecule is CCOc1c(Br)cc(C=C(C#N)C(=O)Nc2cccc(C(=O)O)c2)cc1OC. The third kappa shape index (κ3) is 5.11. The van der Waals surface area contributed by atoms with E-state index in [2.05, 4.69) is 21.2 Å². The van der Waals surface area contributed by atoms with Crippen LogP contribution in [0.2, 0.25) is 0 Å². The topological polar surface area (TPSA) is 109 Å². The van der Waals surface area contributed by atoms with Crippen LogP contribution in [-0.2, 0) is 4.79 Å². The molecule has 0 saturated heterocycles. The maximum absolute atomic E-state index is 12.4. The van der Waals surface area contributed by atoms with Crippen molar-refractivity contribution in [1.29, 1.82) is 5.26 Å². The average Bonchev–Trinajstić information content (AvgIpc) is 2.67. The van der Waals surface area contributed by atoms with Crippen molar-refractivity contribution >= 4 is 39.6 Å². The Morgan fingerprint density at radius 2 is 2.07 bits per heavy atom. The Hall–Kier alpha value is -3.31. The monoisotopic (exact) mass is 444 g/mol. The molecule has 2 rings (SSSR count). The number of carbonyl (C=O) groups is 2. The van der Waals surface area contributed by atoms with Crippen LogP contribution in [0.5, 0.6) is 11.5 Å². The van der Waals surface area contributed by atoms with E-state index in [0.717, 1.165) is 0 Å². The van der Waals surface area contributed by atoms with Crippen LogP contribution in [0.3, 0.4) is 0 Å². The van der Waals surface area contributed by atoms with E-state index in [1.54, 1.807) is 12.1 Å². The molecule has 144 valence electrons. The lowest BCUT2D eigenvalue weighted by atomic mass is 10.1. The van der Waals surface area contributed by atoms with Crippen LogP contribution in [0.25, 0.3) is 6.08 Å². The van der Waals surface area contributed by atoms with Crippen LogP contribution in [0.15, 0.2) is 46.4 Å². The van der Waals surface area contributed by atoms with Gasteiger partial charge >= 0.3 is 5.97 Å². The number of ether oxygens (including phenoxy) is 2. The molecular weight excluding hydrogens is 428 g/mol. The van der Waals surface area contributed by atoms with Crippen LogP contribution in [0, 0.1) is 11.3 Å². The summed E-state index contributed by atoms with van der Waals surface area (Å²) in [5.41, 5.74) is 0.703. The highest BCUT2D eigenvalue weighted by molar-refractivity contribution is 9.10. The Bertz CT molecular complexity index is 979. The Morgan fingerprint density at radius 1 is 1.32 bits per heavy atom. The summed E-state index contributed by atoms with van der Waals surface area (Å²) in [5, 5.41) is 20.9. The molecule has 0 aromatic heterocycles. The minimum Gasteiger partial charge on any atom is -0.493 e. The molecule has 7 nitrogen and oxygen atoms in total. The molecule has 2 N–H and O–H groups in total. The van der Waals surface area contributed by atoms with Crippen LogP contribution >= 0.6 is 15.9 Å². The molecule has 0 fully saturated rings. The summed E-state index contributed by atoms with van der Waals surface area (Å²) in [6.45, 7) is 2.29. The fourth-order valence-corrected chi connectivity index (χ4v) is 2.93. The molecule has 0 bridgehead atoms. The second kappa shape index (κ2) is 9.58. The number of hydrogen-bond donors (Lipinski definition) is 2. The third-order valence-corrected chi connectivity index (χ3v) is 4.17. The number of methoxy groups -OCH3 is 1. The van der Waals surface area contributed by atoms with Crippen LogP contribution in [-0.4, -0.2) is 30.7 Å². The maximum Gasteiger partial charge on any atom is 0.335 e. The van der Waals surface area contributed by atoms with E-state index in [1.165, 1.54) is 37.5 Å². The second-order valence-corrected chi connectivity index (χ2v) is 6.33. The number of aromatic carboxylic acids is 1. The number of benzene rings is 2. The lowest BCUT2D eigenvalue weighted by Gasteiger charge is -2.12. The van der Waals surface area contributed by atoms with Crippen molar-refractivity contribution in [2.24, 2.45) is 0 Å². The molecule has 0 radical (unpaired) electrons. The van der Waals surface area contributed by atoms with Gasteiger partial charge in [-0.1, -0.05) is 6.07 Å². The summed E-state index contributed by atoms with van der Waals surface area (Å²) < 4.78 is 11.4. The first-order chi connectivity index (χ1) is 13.4. The van der Waals surface area contributed by atoms with E-state index < -0.39 is 11.9 Å². The third-order valence-electron chi connectivity index (χ3n) is 3.58. The molecule has 2 aromatic rings. The molecule has 0 atom stereocenters. The minimum absolute atomic E-state index is 0.0282. The average molecular weight is 445 g/mol. The molecule has 0 unspecified atom stereocenters. The number of hydrogen-bond acceptors (Lipinski definition) is 5. The fraction of sp³-hybridized carbons (Fsp3) is 0.150. The number of nitrogens with zero attached hydrogens (tertiary/aromatic N) is 1. The van der Waals surface area contributed by atoms with E-state index in [1.807, 2.05) is 13.0 Å². The first-order valence-corrected chi connectivity index (χ1v) is 8.95. The molecular formula is C20H17BrN2O5. The number of rotatable bonds is 7. The van der Waals surface area contributed by atoms with E-state index in [-0.39, 0.29) is 16.8 Å². The number of anilines is 1. The standard InChI is InChI=1S/C20H17BrN2O5/c1-3-28-18-16(21)8-12(9-17(18)27-2)7-14(11-22)19(24)23-15-6-4-5-13(10-15)20(25)26/h4-10H,3H2,1-2H3,(H,23,24)(H,25,26). The smallest absolute Gasteiger partial charge is 0.335 e. The van der Waals surface area contributed by atoms with E-state index in [0.29, 0.717) is 28.1 Å². The summed E-state index contributed by atoms with van der Waals surface area (Å²) in [6, 6.07) is 10.9. The molecule has 0 saturated carbocycles. The highest BCUT2D eigenvalue weighted by Crippen LogP contribution is 2.37. The zero-order valence-electron chi connectivity index (χ0n) is 15.2. The number of carbonyl (C=O) groups excluding carboxylic acids is 1. The van der Waals surface area contributed by atoms with E-state index in [9.17, 15) is 14.9 Å². The summed E-state index contributed by atoms with van der Waals surface area (Å²) in [6.07, 6.45) is 1.40. The van der Waals surface area contributed by atoms with Gasteiger partial charge in [-0.3, -0.25) is 4.79 Å². The van der Waals surface area contributed by atoms with Crippen molar-refractivity contribution < 1.29 is 24.2 Å².